The molecule has 1 aliphatic rings. The summed E-state index contributed by atoms with van der Waals surface area (Å²) in [6.45, 7) is 0.674. The van der Waals surface area contributed by atoms with Gasteiger partial charge in [-0.2, -0.15) is 0 Å². The van der Waals surface area contributed by atoms with Crippen molar-refractivity contribution in [1.82, 2.24) is 9.80 Å². The van der Waals surface area contributed by atoms with Crippen LogP contribution >= 0.6 is 12.4 Å². The molecule has 6 heteroatoms. The minimum absolute atomic E-state index is 0. The zero-order chi connectivity index (χ0) is 15.4. The monoisotopic (exact) mass is 325 g/mol. The third-order valence-corrected chi connectivity index (χ3v) is 3.96. The summed E-state index contributed by atoms with van der Waals surface area (Å²) in [6.07, 6.45) is 2.66. The molecule has 1 heterocycles. The number of nitrogen functional groups attached to an aromatic ring is 1. The zero-order valence-corrected chi connectivity index (χ0v) is 13.9. The number of aryl methyl sites for hydroxylation is 1. The van der Waals surface area contributed by atoms with E-state index in [-0.39, 0.29) is 30.3 Å². The van der Waals surface area contributed by atoms with Crippen LogP contribution in [0.4, 0.5) is 5.69 Å². The number of likely N-dealkylation sites (tertiary alicyclic amines) is 1. The molecular formula is C16H24ClN3O2. The maximum absolute atomic E-state index is 12.4. The van der Waals surface area contributed by atoms with Crippen LogP contribution in [0.25, 0.3) is 0 Å². The molecule has 5 nitrogen and oxygen atoms in total. The number of hydrogen-bond donors (Lipinski definition) is 1. The normalized spacial score (nSPS) is 17.0. The molecule has 1 aromatic carbocycles. The first kappa shape index (κ1) is 18.3. The molecule has 0 spiro atoms. The summed E-state index contributed by atoms with van der Waals surface area (Å²) in [7, 11) is 3.46. The molecule has 0 aliphatic carbocycles. The van der Waals surface area contributed by atoms with Crippen LogP contribution in [0, 0.1) is 0 Å². The predicted octanol–water partition coefficient (Wildman–Crippen LogP) is 1.70. The standard InChI is InChI=1S/C16H23N3O2.ClH/c1-18(2)16(21)14-8-5-11-19(14)15(20)10-9-12-6-3-4-7-13(12)17;/h3-4,6-7,14H,5,8-11,17H2,1-2H3;1H. The lowest BCUT2D eigenvalue weighted by atomic mass is 10.1. The van der Waals surface area contributed by atoms with Gasteiger partial charge in [0.15, 0.2) is 0 Å². The fraction of sp³-hybridized carbons (Fsp3) is 0.500. The van der Waals surface area contributed by atoms with E-state index in [1.807, 2.05) is 24.3 Å². The van der Waals surface area contributed by atoms with Gasteiger partial charge in [0.2, 0.25) is 11.8 Å². The Kier molecular flexibility index (Phi) is 6.68. The van der Waals surface area contributed by atoms with Gasteiger partial charge < -0.3 is 15.5 Å². The molecule has 0 aromatic heterocycles. The SMILES string of the molecule is CN(C)C(=O)C1CCCN1C(=O)CCc1ccccc1N.Cl. The van der Waals surface area contributed by atoms with E-state index in [9.17, 15) is 9.59 Å². The van der Waals surface area contributed by atoms with Gasteiger partial charge in [0.25, 0.3) is 0 Å². The zero-order valence-electron chi connectivity index (χ0n) is 13.1. The summed E-state index contributed by atoms with van der Waals surface area (Å²) >= 11 is 0. The molecule has 0 saturated carbocycles. The number of para-hydroxylation sites is 1. The second kappa shape index (κ2) is 8.03. The maximum atomic E-state index is 12.4. The fourth-order valence-electron chi connectivity index (χ4n) is 2.77. The first-order chi connectivity index (χ1) is 10.0. The smallest absolute Gasteiger partial charge is 0.244 e. The number of carbonyl (C=O) groups is 2. The van der Waals surface area contributed by atoms with Gasteiger partial charge in [-0.25, -0.2) is 0 Å². The number of hydrogen-bond acceptors (Lipinski definition) is 3. The van der Waals surface area contributed by atoms with Crippen molar-refractivity contribution in [3.63, 3.8) is 0 Å². The average Bonchev–Trinajstić information content (AvgIpc) is 2.94. The minimum atomic E-state index is -0.291. The lowest BCUT2D eigenvalue weighted by Crippen LogP contribution is -2.45. The van der Waals surface area contributed by atoms with Crippen molar-refractivity contribution in [3.8, 4) is 0 Å². The van der Waals surface area contributed by atoms with Crippen LogP contribution in [0.3, 0.4) is 0 Å². The molecule has 0 radical (unpaired) electrons. The van der Waals surface area contributed by atoms with Crippen LogP contribution in [-0.2, 0) is 16.0 Å². The summed E-state index contributed by atoms with van der Waals surface area (Å²) in [6, 6.07) is 7.29. The predicted molar refractivity (Wildman–Crippen MR) is 89.9 cm³/mol. The molecule has 1 aromatic rings. The molecule has 22 heavy (non-hydrogen) atoms. The number of nitrogens with two attached hydrogens (primary N) is 1. The molecule has 1 aliphatic heterocycles. The van der Waals surface area contributed by atoms with E-state index in [0.717, 1.165) is 18.4 Å². The molecule has 1 unspecified atom stereocenters. The Labute approximate surface area is 137 Å². The van der Waals surface area contributed by atoms with Crippen LogP contribution in [0.2, 0.25) is 0 Å². The quantitative estimate of drug-likeness (QED) is 0.857. The first-order valence-electron chi connectivity index (χ1n) is 7.34. The Hall–Kier alpha value is -1.75. The molecule has 1 saturated heterocycles. The van der Waals surface area contributed by atoms with Gasteiger partial charge in [0.05, 0.1) is 0 Å². The van der Waals surface area contributed by atoms with Crippen LogP contribution in [0.1, 0.15) is 24.8 Å². The van der Waals surface area contributed by atoms with Gasteiger partial charge in [-0.15, -0.1) is 12.4 Å². The van der Waals surface area contributed by atoms with Crippen LogP contribution in [0.5, 0.6) is 0 Å². The van der Waals surface area contributed by atoms with E-state index in [1.54, 1.807) is 23.9 Å². The third kappa shape index (κ3) is 4.13. The summed E-state index contributed by atoms with van der Waals surface area (Å²) in [5, 5.41) is 0. The maximum Gasteiger partial charge on any atom is 0.244 e. The van der Waals surface area contributed by atoms with Crippen molar-refractivity contribution in [3.05, 3.63) is 29.8 Å². The molecule has 2 amide bonds. The lowest BCUT2D eigenvalue weighted by molar-refractivity contribution is -0.142. The highest BCUT2D eigenvalue weighted by Gasteiger charge is 2.34. The van der Waals surface area contributed by atoms with Gasteiger partial charge >= 0.3 is 0 Å². The Bertz CT molecular complexity index is 534. The number of nitrogens with zero attached hydrogens (tertiary/aromatic N) is 2. The van der Waals surface area contributed by atoms with Gasteiger partial charge in [-0.05, 0) is 30.9 Å². The highest BCUT2D eigenvalue weighted by molar-refractivity contribution is 5.88. The largest absolute Gasteiger partial charge is 0.399 e. The fourth-order valence-corrected chi connectivity index (χ4v) is 2.77. The lowest BCUT2D eigenvalue weighted by Gasteiger charge is -2.26. The molecular weight excluding hydrogens is 302 g/mol. The molecule has 0 bridgehead atoms. The van der Waals surface area contributed by atoms with E-state index in [1.165, 1.54) is 0 Å². The van der Waals surface area contributed by atoms with Crippen LogP contribution in [-0.4, -0.2) is 48.3 Å². The van der Waals surface area contributed by atoms with E-state index in [4.69, 9.17) is 5.73 Å². The highest BCUT2D eigenvalue weighted by Crippen LogP contribution is 2.21. The van der Waals surface area contributed by atoms with Gasteiger partial charge in [0, 0.05) is 32.7 Å². The van der Waals surface area contributed by atoms with Crippen molar-refractivity contribution in [2.45, 2.75) is 31.7 Å². The van der Waals surface area contributed by atoms with Gasteiger partial charge in [0.1, 0.15) is 6.04 Å². The number of rotatable bonds is 4. The summed E-state index contributed by atoms with van der Waals surface area (Å²) in [5.74, 6) is 0.0519. The van der Waals surface area contributed by atoms with Gasteiger partial charge in [-0.1, -0.05) is 18.2 Å². The Morgan fingerprint density at radius 2 is 2.00 bits per heavy atom. The van der Waals surface area contributed by atoms with E-state index >= 15 is 0 Å². The first-order valence-corrected chi connectivity index (χ1v) is 7.34. The van der Waals surface area contributed by atoms with Crippen LogP contribution in [0.15, 0.2) is 24.3 Å². The molecule has 2 N–H and O–H groups in total. The number of anilines is 1. The van der Waals surface area contributed by atoms with Crippen molar-refractivity contribution >= 4 is 29.9 Å². The van der Waals surface area contributed by atoms with Crippen LogP contribution < -0.4 is 5.73 Å². The van der Waals surface area contributed by atoms with Crippen molar-refractivity contribution in [2.75, 3.05) is 26.4 Å². The molecule has 122 valence electrons. The topological polar surface area (TPSA) is 66.6 Å². The van der Waals surface area contributed by atoms with Gasteiger partial charge in [-0.3, -0.25) is 9.59 Å². The second-order valence-electron chi connectivity index (χ2n) is 5.68. The third-order valence-electron chi connectivity index (χ3n) is 3.96. The minimum Gasteiger partial charge on any atom is -0.399 e. The molecule has 1 atom stereocenters. The number of benzene rings is 1. The molecule has 1 fully saturated rings. The van der Waals surface area contributed by atoms with E-state index in [0.29, 0.717) is 25.1 Å². The Morgan fingerprint density at radius 1 is 1.32 bits per heavy atom. The van der Waals surface area contributed by atoms with E-state index < -0.39 is 0 Å². The average molecular weight is 326 g/mol. The Balaban J connectivity index is 0.00000242. The number of amides is 2. The summed E-state index contributed by atoms with van der Waals surface area (Å²) < 4.78 is 0. The Morgan fingerprint density at radius 3 is 2.64 bits per heavy atom. The number of likely N-dealkylation sites (N-methyl/N-ethyl adjacent to an activating group) is 1. The molecule has 2 rings (SSSR count). The number of carbonyl (C=O) groups excluding carboxylic acids is 2. The summed E-state index contributed by atoms with van der Waals surface area (Å²) in [4.78, 5) is 27.8. The summed E-state index contributed by atoms with van der Waals surface area (Å²) in [5.41, 5.74) is 7.59. The van der Waals surface area contributed by atoms with E-state index in [2.05, 4.69) is 0 Å². The number of halogens is 1. The second-order valence-corrected chi connectivity index (χ2v) is 5.68. The van der Waals surface area contributed by atoms with Crippen molar-refractivity contribution in [2.24, 2.45) is 0 Å². The van der Waals surface area contributed by atoms with Crippen molar-refractivity contribution in [1.29, 1.82) is 0 Å². The van der Waals surface area contributed by atoms with Crippen molar-refractivity contribution < 1.29 is 9.59 Å². The highest BCUT2D eigenvalue weighted by atomic mass is 35.5.